The van der Waals surface area contributed by atoms with Crippen LogP contribution in [0.25, 0.3) is 0 Å². The molecule has 6 aliphatic rings. The monoisotopic (exact) mass is 569 g/mol. The zero-order chi connectivity index (χ0) is 28.9. The van der Waals surface area contributed by atoms with Crippen molar-refractivity contribution < 1.29 is 38.7 Å². The van der Waals surface area contributed by atoms with Crippen LogP contribution in [-0.4, -0.2) is 111 Å². The summed E-state index contributed by atoms with van der Waals surface area (Å²) in [7, 11) is 6.82. The zero-order valence-corrected chi connectivity index (χ0v) is 24.6. The standard InChI is InChI=1S/C32H43NO8/c1-6-33-15-30(16-37-2)20(34)13-22(39-4)32-19-14-31(36)21(38-3)12-18(24(27(32)33)25(40-5)26(30)32)23(19)28(31)41-29(35)17-10-8-7-9-11-17/h7-12,19-28,34,36H,6,13-16H2,1-5H3/t19-,20?,21-,22+,23-,24+,25+,26-,27-,28-,30+,31-,32+/m1/s1. The number of nitrogens with zero attached hydrogens (tertiary/aromatic N) is 1. The minimum atomic E-state index is -1.40. The van der Waals surface area contributed by atoms with Crippen molar-refractivity contribution in [2.45, 2.75) is 61.9 Å². The summed E-state index contributed by atoms with van der Waals surface area (Å²) in [5.74, 6) is -0.853. The van der Waals surface area contributed by atoms with Crippen LogP contribution in [0.2, 0.25) is 0 Å². The smallest absolute Gasteiger partial charge is 0.338 e. The summed E-state index contributed by atoms with van der Waals surface area (Å²) in [6.07, 6.45) is 0.461. The van der Waals surface area contributed by atoms with Crippen LogP contribution in [0.1, 0.15) is 30.1 Å². The molecular formula is C32H43NO8. The number of methoxy groups -OCH3 is 4. The molecule has 1 aromatic rings. The maximum atomic E-state index is 13.5. The van der Waals surface area contributed by atoms with E-state index >= 15 is 0 Å². The van der Waals surface area contributed by atoms with Crippen molar-refractivity contribution >= 4 is 5.97 Å². The second kappa shape index (κ2) is 9.58. The van der Waals surface area contributed by atoms with Crippen molar-refractivity contribution in [2.24, 2.45) is 34.5 Å². The van der Waals surface area contributed by atoms with Gasteiger partial charge in [-0.1, -0.05) is 36.8 Å². The Hall–Kier alpha value is -1.85. The van der Waals surface area contributed by atoms with Crippen LogP contribution in [0.5, 0.6) is 0 Å². The number of likely N-dealkylation sites (tertiary alicyclic amines) is 1. The first kappa shape index (κ1) is 28.0. The van der Waals surface area contributed by atoms with E-state index in [1.165, 1.54) is 0 Å². The van der Waals surface area contributed by atoms with E-state index in [4.69, 9.17) is 23.7 Å². The van der Waals surface area contributed by atoms with Gasteiger partial charge in [-0.3, -0.25) is 4.90 Å². The van der Waals surface area contributed by atoms with Crippen molar-refractivity contribution in [3.63, 3.8) is 0 Å². The molecule has 5 fully saturated rings. The van der Waals surface area contributed by atoms with Crippen molar-refractivity contribution in [1.29, 1.82) is 0 Å². The summed E-state index contributed by atoms with van der Waals surface area (Å²) in [5.41, 5.74) is -0.832. The SMILES string of the molecule is CCN1C[C@]2(COC)C(O)C[C@H](OC)[C@@]34[C@@H]5C[C@]6(O)[C@H](OC(=O)c7ccccc7)[C@@H]5C(=C[C@H]6OC)[C@@H]([C@H](OC)[C@H]23)[C@@H]14. The third-order valence-electron chi connectivity index (χ3n) is 12.2. The van der Waals surface area contributed by atoms with E-state index in [1.807, 2.05) is 18.2 Å². The van der Waals surface area contributed by atoms with Gasteiger partial charge in [0, 0.05) is 76.0 Å². The molecule has 9 heteroatoms. The van der Waals surface area contributed by atoms with Crippen molar-refractivity contribution in [3.05, 3.63) is 47.5 Å². The van der Waals surface area contributed by atoms with E-state index < -0.39 is 40.7 Å². The number of rotatable bonds is 8. The molecule has 9 nitrogen and oxygen atoms in total. The Balaban J connectivity index is 1.44. The van der Waals surface area contributed by atoms with Gasteiger partial charge in [-0.15, -0.1) is 0 Å². The Kier molecular flexibility index (Phi) is 6.53. The van der Waals surface area contributed by atoms with Gasteiger partial charge in [0.25, 0.3) is 0 Å². The van der Waals surface area contributed by atoms with Gasteiger partial charge in [0.2, 0.25) is 0 Å². The maximum Gasteiger partial charge on any atom is 0.338 e. The first-order valence-electron chi connectivity index (χ1n) is 15.0. The third kappa shape index (κ3) is 3.23. The minimum absolute atomic E-state index is 0.0360. The van der Waals surface area contributed by atoms with Crippen LogP contribution in [0.15, 0.2) is 42.0 Å². The molecule has 1 aromatic carbocycles. The number of piperidine rings is 1. The molecule has 7 bridgehead atoms. The molecule has 0 amide bonds. The van der Waals surface area contributed by atoms with E-state index in [0.717, 1.165) is 12.1 Å². The Labute approximate surface area is 241 Å². The molecule has 5 aliphatic carbocycles. The summed E-state index contributed by atoms with van der Waals surface area (Å²) in [6.45, 7) is 4.08. The molecule has 1 saturated heterocycles. The Morgan fingerprint density at radius 1 is 1.07 bits per heavy atom. The average molecular weight is 570 g/mol. The summed E-state index contributed by atoms with van der Waals surface area (Å²) < 4.78 is 31.0. The highest BCUT2D eigenvalue weighted by Crippen LogP contribution is 2.78. The fourth-order valence-electron chi connectivity index (χ4n) is 11.2. The predicted molar refractivity (Wildman–Crippen MR) is 148 cm³/mol. The fourth-order valence-corrected chi connectivity index (χ4v) is 11.2. The van der Waals surface area contributed by atoms with Crippen molar-refractivity contribution in [1.82, 2.24) is 4.90 Å². The lowest BCUT2D eigenvalue weighted by atomic mass is 9.43. The van der Waals surface area contributed by atoms with Gasteiger partial charge in [0.05, 0.1) is 30.5 Å². The number of aliphatic hydroxyl groups is 2. The Morgan fingerprint density at radius 2 is 1.83 bits per heavy atom. The second-order valence-electron chi connectivity index (χ2n) is 13.2. The number of ether oxygens (including phenoxy) is 5. The second-order valence-corrected chi connectivity index (χ2v) is 13.2. The Morgan fingerprint density at radius 3 is 2.46 bits per heavy atom. The summed E-state index contributed by atoms with van der Waals surface area (Å²) in [4.78, 5) is 16.0. The van der Waals surface area contributed by atoms with E-state index in [9.17, 15) is 15.0 Å². The average Bonchev–Trinajstić information content (AvgIpc) is 3.32. The fraction of sp³-hybridized carbons (Fsp3) is 0.719. The predicted octanol–water partition coefficient (Wildman–Crippen LogP) is 1.91. The quantitative estimate of drug-likeness (QED) is 0.359. The number of fused-ring (bicyclic) bond motifs is 2. The van der Waals surface area contributed by atoms with Gasteiger partial charge in [0.15, 0.2) is 0 Å². The first-order valence-corrected chi connectivity index (χ1v) is 15.0. The van der Waals surface area contributed by atoms with E-state index in [0.29, 0.717) is 31.6 Å². The number of benzene rings is 1. The van der Waals surface area contributed by atoms with E-state index in [2.05, 4.69) is 17.9 Å². The number of hydrogen-bond donors (Lipinski definition) is 2. The lowest BCUT2D eigenvalue weighted by molar-refractivity contribution is -0.275. The topological polar surface area (TPSA) is 107 Å². The van der Waals surface area contributed by atoms with Crippen LogP contribution < -0.4 is 0 Å². The molecule has 2 N–H and O–H groups in total. The molecule has 1 spiro atoms. The maximum absolute atomic E-state index is 13.5. The summed E-state index contributed by atoms with van der Waals surface area (Å²) in [5, 5.41) is 24.4. The van der Waals surface area contributed by atoms with Crippen LogP contribution in [0.3, 0.4) is 0 Å². The number of aliphatic hydroxyl groups excluding tert-OH is 1. The number of carbonyl (C=O) groups is 1. The van der Waals surface area contributed by atoms with Crippen LogP contribution in [0.4, 0.5) is 0 Å². The molecular weight excluding hydrogens is 526 g/mol. The number of carbonyl (C=O) groups excluding carboxylic acids is 1. The minimum Gasteiger partial charge on any atom is -0.455 e. The number of hydrogen-bond acceptors (Lipinski definition) is 9. The molecule has 0 radical (unpaired) electrons. The molecule has 7 rings (SSSR count). The van der Waals surface area contributed by atoms with Crippen molar-refractivity contribution in [3.8, 4) is 0 Å². The lowest BCUT2D eigenvalue weighted by Gasteiger charge is -2.68. The molecule has 1 heterocycles. The largest absolute Gasteiger partial charge is 0.455 e. The van der Waals surface area contributed by atoms with Gasteiger partial charge in [-0.05, 0) is 31.0 Å². The van der Waals surface area contributed by atoms with Gasteiger partial charge in [-0.25, -0.2) is 4.79 Å². The molecule has 4 saturated carbocycles. The van der Waals surface area contributed by atoms with E-state index in [1.54, 1.807) is 40.6 Å². The first-order chi connectivity index (χ1) is 19.8. The summed E-state index contributed by atoms with van der Waals surface area (Å²) >= 11 is 0. The highest BCUT2D eigenvalue weighted by molar-refractivity contribution is 5.89. The van der Waals surface area contributed by atoms with Gasteiger partial charge in [0.1, 0.15) is 17.8 Å². The lowest BCUT2D eigenvalue weighted by Crippen LogP contribution is -2.76. The molecule has 0 aromatic heterocycles. The molecule has 41 heavy (non-hydrogen) atoms. The van der Waals surface area contributed by atoms with E-state index in [-0.39, 0.29) is 41.9 Å². The highest BCUT2D eigenvalue weighted by atomic mass is 16.6. The van der Waals surface area contributed by atoms with Crippen LogP contribution in [-0.2, 0) is 23.7 Å². The van der Waals surface area contributed by atoms with Gasteiger partial charge in [-0.2, -0.15) is 0 Å². The van der Waals surface area contributed by atoms with Crippen LogP contribution in [0, 0.1) is 34.5 Å². The molecule has 13 atom stereocenters. The molecule has 1 aliphatic heterocycles. The number of esters is 1. The highest BCUT2D eigenvalue weighted by Gasteiger charge is 2.85. The van der Waals surface area contributed by atoms with Crippen molar-refractivity contribution in [2.75, 3.05) is 48.1 Å². The van der Waals surface area contributed by atoms with Crippen LogP contribution >= 0.6 is 0 Å². The Bertz CT molecular complexity index is 1230. The normalized spacial score (nSPS) is 49.1. The molecule has 224 valence electrons. The molecule has 1 unspecified atom stereocenters. The van der Waals surface area contributed by atoms with Gasteiger partial charge < -0.3 is 33.9 Å². The zero-order valence-electron chi connectivity index (χ0n) is 24.6. The third-order valence-corrected chi connectivity index (χ3v) is 12.2. The van der Waals surface area contributed by atoms with Gasteiger partial charge >= 0.3 is 5.97 Å². The summed E-state index contributed by atoms with van der Waals surface area (Å²) in [6, 6.07) is 9.04.